The topological polar surface area (TPSA) is 69.6 Å². The van der Waals surface area contributed by atoms with Gasteiger partial charge in [-0.2, -0.15) is 0 Å². The summed E-state index contributed by atoms with van der Waals surface area (Å²) in [7, 11) is 0. The van der Waals surface area contributed by atoms with Crippen LogP contribution in [-0.4, -0.2) is 41.6 Å². The van der Waals surface area contributed by atoms with Crippen molar-refractivity contribution >= 4 is 35.2 Å². The van der Waals surface area contributed by atoms with Crippen LogP contribution in [-0.2, 0) is 11.2 Å². The fourth-order valence-corrected chi connectivity index (χ4v) is 2.94. The molecule has 22 heavy (non-hydrogen) atoms. The monoisotopic (exact) mass is 344 g/mol. The summed E-state index contributed by atoms with van der Waals surface area (Å²) in [6.45, 7) is 1.28. The predicted octanol–water partition coefficient (Wildman–Crippen LogP) is 3.04. The molecular weight excluding hydrogens is 327 g/mol. The predicted molar refractivity (Wildman–Crippen MR) is 85.5 cm³/mol. The van der Waals surface area contributed by atoms with E-state index in [0.717, 1.165) is 5.56 Å². The molecule has 1 aliphatic rings. The molecule has 7 heteroatoms. The van der Waals surface area contributed by atoms with Crippen LogP contribution in [0.3, 0.4) is 0 Å². The van der Waals surface area contributed by atoms with Crippen LogP contribution in [0.2, 0.25) is 10.0 Å². The van der Waals surface area contributed by atoms with Crippen molar-refractivity contribution < 1.29 is 14.7 Å². The lowest BCUT2D eigenvalue weighted by Gasteiger charge is -2.30. The summed E-state index contributed by atoms with van der Waals surface area (Å²) < 4.78 is 0. The number of urea groups is 1. The van der Waals surface area contributed by atoms with Crippen LogP contribution in [0.15, 0.2) is 18.2 Å². The molecule has 120 valence electrons. The van der Waals surface area contributed by atoms with Gasteiger partial charge < -0.3 is 15.3 Å². The van der Waals surface area contributed by atoms with Gasteiger partial charge in [-0.1, -0.05) is 35.3 Å². The van der Waals surface area contributed by atoms with Crippen molar-refractivity contribution in [3.05, 3.63) is 33.8 Å². The minimum atomic E-state index is -0.844. The molecule has 1 atom stereocenters. The first-order chi connectivity index (χ1) is 10.5. The van der Waals surface area contributed by atoms with Crippen LogP contribution < -0.4 is 5.32 Å². The third-order valence-electron chi connectivity index (χ3n) is 3.76. The van der Waals surface area contributed by atoms with E-state index in [1.807, 2.05) is 12.1 Å². The number of hydrogen-bond donors (Lipinski definition) is 2. The second-order valence-corrected chi connectivity index (χ2v) is 6.10. The molecular formula is C15H18Cl2N2O3. The molecule has 1 aliphatic heterocycles. The molecule has 0 aliphatic carbocycles. The van der Waals surface area contributed by atoms with Gasteiger partial charge >= 0.3 is 12.0 Å². The lowest BCUT2D eigenvalue weighted by molar-refractivity contribution is -0.143. The van der Waals surface area contributed by atoms with Crippen molar-refractivity contribution in [1.29, 1.82) is 0 Å². The molecule has 0 spiro atoms. The van der Waals surface area contributed by atoms with Crippen molar-refractivity contribution in [1.82, 2.24) is 10.2 Å². The van der Waals surface area contributed by atoms with E-state index in [1.54, 1.807) is 11.0 Å². The third-order valence-corrected chi connectivity index (χ3v) is 4.62. The number of hydrogen-bond acceptors (Lipinski definition) is 2. The smallest absolute Gasteiger partial charge is 0.317 e. The highest BCUT2D eigenvalue weighted by atomic mass is 35.5. The van der Waals surface area contributed by atoms with E-state index in [9.17, 15) is 9.59 Å². The van der Waals surface area contributed by atoms with E-state index >= 15 is 0 Å². The minimum Gasteiger partial charge on any atom is -0.481 e. The van der Waals surface area contributed by atoms with Gasteiger partial charge in [0, 0.05) is 19.6 Å². The molecule has 0 saturated carbocycles. The number of piperidine rings is 1. The molecule has 2 rings (SSSR count). The summed E-state index contributed by atoms with van der Waals surface area (Å²) in [5.41, 5.74) is 0.872. The largest absolute Gasteiger partial charge is 0.481 e. The van der Waals surface area contributed by atoms with Crippen LogP contribution in [0, 0.1) is 5.92 Å². The zero-order valence-electron chi connectivity index (χ0n) is 12.0. The fraction of sp³-hybridized carbons (Fsp3) is 0.467. The molecule has 1 unspecified atom stereocenters. The molecule has 1 heterocycles. The van der Waals surface area contributed by atoms with E-state index in [-0.39, 0.29) is 12.6 Å². The van der Waals surface area contributed by atoms with E-state index in [4.69, 9.17) is 28.3 Å². The summed E-state index contributed by atoms with van der Waals surface area (Å²) in [6, 6.07) is 5.16. The van der Waals surface area contributed by atoms with Gasteiger partial charge in [0.15, 0.2) is 0 Å². The average Bonchev–Trinajstić information content (AvgIpc) is 2.51. The molecule has 1 fully saturated rings. The number of carboxylic acid groups (broad SMARTS) is 1. The standard InChI is InChI=1S/C15H18Cl2N2O3/c16-12-5-1-3-10(13(12)17)6-7-18-15(22)19-8-2-4-11(9-19)14(20)21/h1,3,5,11H,2,4,6-9H2,(H,18,22)(H,20,21). The van der Waals surface area contributed by atoms with Crippen LogP contribution in [0.5, 0.6) is 0 Å². The zero-order valence-corrected chi connectivity index (χ0v) is 13.5. The summed E-state index contributed by atoms with van der Waals surface area (Å²) in [6.07, 6.45) is 1.91. The number of nitrogens with one attached hydrogen (secondary N) is 1. The van der Waals surface area contributed by atoms with Crippen LogP contribution in [0.25, 0.3) is 0 Å². The first-order valence-electron chi connectivity index (χ1n) is 7.17. The first-order valence-corrected chi connectivity index (χ1v) is 7.93. The number of carboxylic acids is 1. The second kappa shape index (κ2) is 7.70. The van der Waals surface area contributed by atoms with Crippen molar-refractivity contribution in [3.63, 3.8) is 0 Å². The van der Waals surface area contributed by atoms with Crippen LogP contribution >= 0.6 is 23.2 Å². The normalized spacial score (nSPS) is 18.1. The Morgan fingerprint density at radius 2 is 2.14 bits per heavy atom. The molecule has 0 bridgehead atoms. The molecule has 2 N–H and O–H groups in total. The van der Waals surface area contributed by atoms with Gasteiger partial charge in [-0.25, -0.2) is 4.79 Å². The van der Waals surface area contributed by atoms with E-state index in [0.29, 0.717) is 42.4 Å². The Hall–Kier alpha value is -1.46. The highest BCUT2D eigenvalue weighted by molar-refractivity contribution is 6.42. The van der Waals surface area contributed by atoms with Gasteiger partial charge in [0.05, 0.1) is 16.0 Å². The van der Waals surface area contributed by atoms with Gasteiger partial charge in [0.2, 0.25) is 0 Å². The summed E-state index contributed by atoms with van der Waals surface area (Å²) >= 11 is 12.0. The SMILES string of the molecule is O=C(O)C1CCCN(C(=O)NCCc2cccc(Cl)c2Cl)C1. The summed E-state index contributed by atoms with van der Waals surface area (Å²) in [5, 5.41) is 12.8. The molecule has 5 nitrogen and oxygen atoms in total. The number of aliphatic carboxylic acids is 1. The van der Waals surface area contributed by atoms with E-state index in [2.05, 4.69) is 5.32 Å². The number of benzene rings is 1. The number of rotatable bonds is 4. The van der Waals surface area contributed by atoms with Gasteiger partial charge in [-0.15, -0.1) is 0 Å². The number of nitrogens with zero attached hydrogens (tertiary/aromatic N) is 1. The highest BCUT2D eigenvalue weighted by Crippen LogP contribution is 2.25. The Morgan fingerprint density at radius 1 is 1.36 bits per heavy atom. The Labute approximate surface area is 139 Å². The highest BCUT2D eigenvalue weighted by Gasteiger charge is 2.27. The molecule has 1 aromatic rings. The van der Waals surface area contributed by atoms with Crippen LogP contribution in [0.1, 0.15) is 18.4 Å². The van der Waals surface area contributed by atoms with Crippen molar-refractivity contribution in [3.8, 4) is 0 Å². The van der Waals surface area contributed by atoms with Gasteiger partial charge in [-0.05, 0) is 30.9 Å². The number of carbonyl (C=O) groups excluding carboxylic acids is 1. The van der Waals surface area contributed by atoms with Crippen molar-refractivity contribution in [2.24, 2.45) is 5.92 Å². The lowest BCUT2D eigenvalue weighted by Crippen LogP contribution is -2.47. The quantitative estimate of drug-likeness (QED) is 0.881. The maximum absolute atomic E-state index is 12.1. The van der Waals surface area contributed by atoms with Gasteiger partial charge in [0.1, 0.15) is 0 Å². The Kier molecular flexibility index (Phi) is 5.91. The Morgan fingerprint density at radius 3 is 2.86 bits per heavy atom. The van der Waals surface area contributed by atoms with E-state index < -0.39 is 11.9 Å². The minimum absolute atomic E-state index is 0.232. The van der Waals surface area contributed by atoms with E-state index in [1.165, 1.54) is 0 Å². The molecule has 1 saturated heterocycles. The molecule has 2 amide bonds. The fourth-order valence-electron chi connectivity index (χ4n) is 2.52. The van der Waals surface area contributed by atoms with Crippen LogP contribution in [0.4, 0.5) is 4.79 Å². The maximum Gasteiger partial charge on any atom is 0.317 e. The Bertz CT molecular complexity index is 566. The second-order valence-electron chi connectivity index (χ2n) is 5.32. The maximum atomic E-state index is 12.1. The van der Waals surface area contributed by atoms with Gasteiger partial charge in [-0.3, -0.25) is 4.79 Å². The number of halogens is 2. The summed E-state index contributed by atoms with van der Waals surface area (Å²) in [5.74, 6) is -1.31. The van der Waals surface area contributed by atoms with Gasteiger partial charge in [0.25, 0.3) is 0 Å². The zero-order chi connectivity index (χ0) is 16.1. The number of amides is 2. The molecule has 0 radical (unpaired) electrons. The molecule has 1 aromatic carbocycles. The number of likely N-dealkylation sites (tertiary alicyclic amines) is 1. The van der Waals surface area contributed by atoms with Crippen molar-refractivity contribution in [2.75, 3.05) is 19.6 Å². The first kappa shape index (κ1) is 16.9. The number of carbonyl (C=O) groups is 2. The summed E-state index contributed by atoms with van der Waals surface area (Å²) in [4.78, 5) is 24.6. The van der Waals surface area contributed by atoms with Crippen molar-refractivity contribution in [2.45, 2.75) is 19.3 Å². The Balaban J connectivity index is 1.82. The average molecular weight is 345 g/mol. The third kappa shape index (κ3) is 4.27. The molecule has 0 aromatic heterocycles. The lowest BCUT2D eigenvalue weighted by atomic mass is 9.99.